The zero-order valence-corrected chi connectivity index (χ0v) is 19.2. The van der Waals surface area contributed by atoms with Crippen LogP contribution in [0.2, 0.25) is 5.02 Å². The van der Waals surface area contributed by atoms with Crippen LogP contribution < -0.4 is 10.1 Å². The number of nitrogens with one attached hydrogen (secondary N) is 1. The fourth-order valence-electron chi connectivity index (χ4n) is 3.68. The molecule has 2 N–H and O–H groups in total. The summed E-state index contributed by atoms with van der Waals surface area (Å²) in [4.78, 5) is 12.3. The molecular weight excluding hydrogens is 418 g/mol. The third-order valence-electron chi connectivity index (χ3n) is 5.45. The lowest BCUT2D eigenvalue weighted by Crippen LogP contribution is -2.28. The van der Waals surface area contributed by atoms with Crippen molar-refractivity contribution in [1.29, 1.82) is 0 Å². The molecule has 0 unspecified atom stereocenters. The summed E-state index contributed by atoms with van der Waals surface area (Å²) in [5.74, 6) is 1.95. The lowest BCUT2D eigenvalue weighted by Gasteiger charge is -2.26. The van der Waals surface area contributed by atoms with Gasteiger partial charge in [0.25, 0.3) is 0 Å². The van der Waals surface area contributed by atoms with Crippen molar-refractivity contribution in [1.82, 2.24) is 9.78 Å². The van der Waals surface area contributed by atoms with Gasteiger partial charge in [0.05, 0.1) is 13.2 Å². The SMILES string of the molecule is Cc1cc(NC(=O)OC2CCC(CO)CC2)nn1Cc1cc(Cl)ccc1OCC(C)C. The summed E-state index contributed by atoms with van der Waals surface area (Å²) in [5.41, 5.74) is 1.82. The maximum Gasteiger partial charge on any atom is 0.413 e. The van der Waals surface area contributed by atoms with Gasteiger partial charge in [-0.05, 0) is 62.6 Å². The molecule has 1 aromatic heterocycles. The molecule has 0 spiro atoms. The van der Waals surface area contributed by atoms with Crippen molar-refractivity contribution in [2.45, 2.75) is 59.1 Å². The molecule has 0 aliphatic heterocycles. The molecule has 3 rings (SSSR count). The first-order chi connectivity index (χ1) is 14.8. The number of hydrogen-bond acceptors (Lipinski definition) is 5. The number of benzene rings is 1. The Bertz CT molecular complexity index is 876. The van der Waals surface area contributed by atoms with Gasteiger partial charge in [-0.2, -0.15) is 5.10 Å². The first-order valence-electron chi connectivity index (χ1n) is 10.9. The summed E-state index contributed by atoms with van der Waals surface area (Å²) < 4.78 is 13.3. The molecule has 1 fully saturated rings. The molecule has 1 aromatic carbocycles. The van der Waals surface area contributed by atoms with E-state index in [1.807, 2.05) is 31.2 Å². The number of hydrogen-bond donors (Lipinski definition) is 2. The number of aromatic nitrogens is 2. The van der Waals surface area contributed by atoms with Crippen molar-refractivity contribution >= 4 is 23.5 Å². The highest BCUT2D eigenvalue weighted by Crippen LogP contribution is 2.27. The minimum Gasteiger partial charge on any atom is -0.493 e. The van der Waals surface area contributed by atoms with Crippen molar-refractivity contribution in [3.63, 3.8) is 0 Å². The number of aliphatic hydroxyl groups is 1. The topological polar surface area (TPSA) is 85.6 Å². The van der Waals surface area contributed by atoms with Gasteiger partial charge in [0.1, 0.15) is 11.9 Å². The highest BCUT2D eigenvalue weighted by molar-refractivity contribution is 6.30. The van der Waals surface area contributed by atoms with E-state index in [-0.39, 0.29) is 12.7 Å². The Balaban J connectivity index is 1.61. The molecule has 0 radical (unpaired) electrons. The summed E-state index contributed by atoms with van der Waals surface area (Å²) in [7, 11) is 0. The second-order valence-corrected chi connectivity index (χ2v) is 9.08. The van der Waals surface area contributed by atoms with Crippen LogP contribution in [0.5, 0.6) is 5.75 Å². The van der Waals surface area contributed by atoms with Crippen molar-refractivity contribution in [2.24, 2.45) is 11.8 Å². The zero-order chi connectivity index (χ0) is 22.4. The quantitative estimate of drug-likeness (QED) is 0.590. The maximum absolute atomic E-state index is 12.3. The van der Waals surface area contributed by atoms with Crippen LogP contribution in [0.25, 0.3) is 0 Å². The molecule has 7 nitrogen and oxygen atoms in total. The highest BCUT2D eigenvalue weighted by Gasteiger charge is 2.24. The van der Waals surface area contributed by atoms with Gasteiger partial charge in [0.2, 0.25) is 0 Å². The fraction of sp³-hybridized carbons (Fsp3) is 0.565. The Hall–Kier alpha value is -2.25. The number of nitrogens with zero attached hydrogens (tertiary/aromatic N) is 2. The summed E-state index contributed by atoms with van der Waals surface area (Å²) in [5, 5.41) is 17.1. The largest absolute Gasteiger partial charge is 0.493 e. The second kappa shape index (κ2) is 10.9. The Labute approximate surface area is 188 Å². The standard InChI is InChI=1S/C23H32ClN3O4/c1-15(2)14-30-21-9-6-19(24)11-18(21)12-27-16(3)10-22(26-27)25-23(29)31-20-7-4-17(13-28)5-8-20/h6,9-11,15,17,20,28H,4-5,7-8,12-14H2,1-3H3,(H,25,26,29). The van der Waals surface area contributed by atoms with E-state index in [0.717, 1.165) is 42.7 Å². The van der Waals surface area contributed by atoms with Crippen LogP contribution in [0, 0.1) is 18.8 Å². The molecule has 31 heavy (non-hydrogen) atoms. The number of aliphatic hydroxyl groups excluding tert-OH is 1. The number of carbonyl (C=O) groups excluding carboxylic acids is 1. The second-order valence-electron chi connectivity index (χ2n) is 8.64. The average molecular weight is 450 g/mol. The number of halogens is 1. The molecule has 170 valence electrons. The monoisotopic (exact) mass is 449 g/mol. The van der Waals surface area contributed by atoms with Gasteiger partial charge in [-0.3, -0.25) is 10.00 Å². The van der Waals surface area contributed by atoms with Crippen LogP contribution >= 0.6 is 11.6 Å². The van der Waals surface area contributed by atoms with Crippen LogP contribution in [0.1, 0.15) is 50.8 Å². The van der Waals surface area contributed by atoms with Crippen molar-refractivity contribution in [3.8, 4) is 5.75 Å². The normalized spacial score (nSPS) is 18.8. The van der Waals surface area contributed by atoms with Gasteiger partial charge in [-0.25, -0.2) is 4.79 Å². The minimum absolute atomic E-state index is 0.113. The van der Waals surface area contributed by atoms with Crippen LogP contribution in [-0.2, 0) is 11.3 Å². The van der Waals surface area contributed by atoms with Gasteiger partial charge in [-0.1, -0.05) is 25.4 Å². The van der Waals surface area contributed by atoms with Crippen LogP contribution in [0.4, 0.5) is 10.6 Å². The predicted molar refractivity (Wildman–Crippen MR) is 121 cm³/mol. The van der Waals surface area contributed by atoms with E-state index in [9.17, 15) is 9.90 Å². The molecule has 1 heterocycles. The number of ether oxygens (including phenoxy) is 2. The Morgan fingerprint density at radius 3 is 2.71 bits per heavy atom. The predicted octanol–water partition coefficient (Wildman–Crippen LogP) is 5.03. The fourth-order valence-corrected chi connectivity index (χ4v) is 3.87. The van der Waals surface area contributed by atoms with Crippen molar-refractivity contribution in [2.75, 3.05) is 18.5 Å². The van der Waals surface area contributed by atoms with E-state index in [4.69, 9.17) is 21.1 Å². The lowest BCUT2D eigenvalue weighted by molar-refractivity contribution is 0.0630. The van der Waals surface area contributed by atoms with Crippen molar-refractivity contribution < 1.29 is 19.4 Å². The summed E-state index contributed by atoms with van der Waals surface area (Å²) in [6.07, 6.45) is 2.70. The molecule has 1 aliphatic carbocycles. The van der Waals surface area contributed by atoms with Gasteiger partial charge < -0.3 is 14.6 Å². The lowest BCUT2D eigenvalue weighted by atomic mass is 9.88. The Morgan fingerprint density at radius 2 is 2.03 bits per heavy atom. The molecule has 1 aliphatic rings. The van der Waals surface area contributed by atoms with E-state index in [0.29, 0.717) is 35.8 Å². The van der Waals surface area contributed by atoms with E-state index in [2.05, 4.69) is 24.3 Å². The number of anilines is 1. The highest BCUT2D eigenvalue weighted by atomic mass is 35.5. The van der Waals surface area contributed by atoms with Crippen molar-refractivity contribution in [3.05, 3.63) is 40.5 Å². The summed E-state index contributed by atoms with van der Waals surface area (Å²) in [6.45, 7) is 7.42. The zero-order valence-electron chi connectivity index (χ0n) is 18.4. The maximum atomic E-state index is 12.3. The van der Waals surface area contributed by atoms with E-state index < -0.39 is 6.09 Å². The molecule has 1 saturated carbocycles. The number of carbonyl (C=O) groups is 1. The third-order valence-corrected chi connectivity index (χ3v) is 5.69. The third kappa shape index (κ3) is 6.87. The van der Waals surface area contributed by atoms with E-state index >= 15 is 0 Å². The molecule has 2 aromatic rings. The average Bonchev–Trinajstić information content (AvgIpc) is 3.06. The van der Waals surface area contributed by atoms with Gasteiger partial charge in [0.15, 0.2) is 5.82 Å². The Morgan fingerprint density at radius 1 is 1.29 bits per heavy atom. The molecule has 0 bridgehead atoms. The van der Waals surface area contributed by atoms with Crippen LogP contribution in [-0.4, -0.2) is 40.3 Å². The molecule has 8 heteroatoms. The van der Waals surface area contributed by atoms with Crippen LogP contribution in [0.3, 0.4) is 0 Å². The van der Waals surface area contributed by atoms with Crippen LogP contribution in [0.15, 0.2) is 24.3 Å². The first kappa shape index (κ1) is 23.4. The van der Waals surface area contributed by atoms with E-state index in [1.165, 1.54) is 0 Å². The van der Waals surface area contributed by atoms with Gasteiger partial charge >= 0.3 is 6.09 Å². The Kier molecular flexibility index (Phi) is 8.21. The smallest absolute Gasteiger partial charge is 0.413 e. The van der Waals surface area contributed by atoms with Gasteiger partial charge in [0, 0.05) is 29.0 Å². The molecule has 0 atom stereocenters. The minimum atomic E-state index is -0.499. The summed E-state index contributed by atoms with van der Waals surface area (Å²) >= 11 is 6.20. The molecule has 0 saturated heterocycles. The number of aryl methyl sites for hydroxylation is 1. The molecular formula is C23H32ClN3O4. The van der Waals surface area contributed by atoms with Gasteiger partial charge in [-0.15, -0.1) is 0 Å². The first-order valence-corrected chi connectivity index (χ1v) is 11.3. The number of rotatable bonds is 8. The molecule has 1 amide bonds. The number of amides is 1. The summed E-state index contributed by atoms with van der Waals surface area (Å²) in [6, 6.07) is 7.38. The van der Waals surface area contributed by atoms with E-state index in [1.54, 1.807) is 4.68 Å².